The van der Waals surface area contributed by atoms with E-state index in [2.05, 4.69) is 11.1 Å². The largest absolute Gasteiger partial charge is 0.540 e. The number of hydrogen-bond donors (Lipinski definition) is 3. The predicted octanol–water partition coefficient (Wildman–Crippen LogP) is 2.58. The van der Waals surface area contributed by atoms with Crippen LogP contribution in [0.4, 0.5) is 0 Å². The second-order valence-corrected chi connectivity index (χ2v) is 5.20. The second kappa shape index (κ2) is 12.4. The quantitative estimate of drug-likeness (QED) is 0.307. The van der Waals surface area contributed by atoms with Crippen molar-refractivity contribution in [2.24, 2.45) is 0 Å². The van der Waals surface area contributed by atoms with Crippen LogP contribution in [-0.2, 0) is 39.1 Å². The number of carbonyl (C=O) groups excluding carboxylic acids is 1. The first-order valence-electron chi connectivity index (χ1n) is 7.54. The van der Waals surface area contributed by atoms with Crippen molar-refractivity contribution in [3.63, 3.8) is 0 Å². The van der Waals surface area contributed by atoms with Crippen molar-refractivity contribution in [2.45, 2.75) is 27.1 Å². The van der Waals surface area contributed by atoms with Gasteiger partial charge in [-0.25, -0.2) is 0 Å². The van der Waals surface area contributed by atoms with Gasteiger partial charge in [-0.05, 0) is 31.2 Å². The molecule has 0 unspecified atom stereocenters. The molecule has 0 radical (unpaired) electrons. The molecule has 0 saturated carbocycles. The molecule has 0 aliphatic carbocycles. The standard InChI is InChI=1S/C14H14NO3.C5H8O2.Pt/c1-18-12-2-3-13(11(7-12)9-17)14-6-10(8-16)4-5-15-14;1-4(6)3-5(2)7;/h2,4-7,16-17H,8-9H2,1H3;3,6H,1-2H3;/q-1;;/b;4-3-;. The Balaban J connectivity index is 0.000000673. The van der Waals surface area contributed by atoms with E-state index in [1.54, 1.807) is 37.6 Å². The molecule has 0 bridgehead atoms. The van der Waals surface area contributed by atoms with Crippen molar-refractivity contribution in [2.75, 3.05) is 7.11 Å². The number of pyridine rings is 1. The number of aromatic nitrogens is 1. The molecule has 144 valence electrons. The summed E-state index contributed by atoms with van der Waals surface area (Å²) in [6.45, 7) is 2.69. The molecule has 6 nitrogen and oxygen atoms in total. The summed E-state index contributed by atoms with van der Waals surface area (Å²) in [4.78, 5) is 14.2. The van der Waals surface area contributed by atoms with Gasteiger partial charge in [0.05, 0.1) is 19.5 Å². The van der Waals surface area contributed by atoms with Crippen LogP contribution in [0.1, 0.15) is 25.0 Å². The number of ketones is 1. The molecular formula is C19H22NO5Pt-. The molecule has 0 amide bonds. The van der Waals surface area contributed by atoms with Gasteiger partial charge in [0.1, 0.15) is 0 Å². The summed E-state index contributed by atoms with van der Waals surface area (Å²) in [6, 6.07) is 10.0. The number of allylic oxidation sites excluding steroid dienone is 2. The predicted molar refractivity (Wildman–Crippen MR) is 94.0 cm³/mol. The van der Waals surface area contributed by atoms with Crippen molar-refractivity contribution in [1.29, 1.82) is 0 Å². The number of methoxy groups -OCH3 is 1. The van der Waals surface area contributed by atoms with Gasteiger partial charge in [-0.1, -0.05) is 17.7 Å². The first-order chi connectivity index (χ1) is 11.9. The van der Waals surface area contributed by atoms with E-state index in [0.29, 0.717) is 22.6 Å². The Hall–Kier alpha value is -2.01. The Morgan fingerprint density at radius 2 is 1.96 bits per heavy atom. The summed E-state index contributed by atoms with van der Waals surface area (Å²) >= 11 is 0. The summed E-state index contributed by atoms with van der Waals surface area (Å²) in [7, 11) is 1.56. The molecule has 0 fully saturated rings. The number of nitrogens with zero attached hydrogens (tertiary/aromatic N) is 1. The molecule has 3 N–H and O–H groups in total. The number of aliphatic hydroxyl groups excluding tert-OH is 3. The third kappa shape index (κ3) is 7.91. The van der Waals surface area contributed by atoms with Gasteiger partial charge in [-0.15, -0.1) is 17.7 Å². The van der Waals surface area contributed by atoms with E-state index in [9.17, 15) is 9.90 Å². The average Bonchev–Trinajstić information content (AvgIpc) is 2.60. The topological polar surface area (TPSA) is 99.9 Å². The third-order valence-electron chi connectivity index (χ3n) is 3.08. The van der Waals surface area contributed by atoms with Crippen LogP contribution < -0.4 is 4.74 Å². The van der Waals surface area contributed by atoms with Crippen LogP contribution in [0.3, 0.4) is 0 Å². The van der Waals surface area contributed by atoms with Gasteiger partial charge in [0, 0.05) is 45.7 Å². The monoisotopic (exact) mass is 539 g/mol. The maximum Gasteiger partial charge on any atom is 0.155 e. The van der Waals surface area contributed by atoms with Gasteiger partial charge in [0.15, 0.2) is 5.78 Å². The minimum atomic E-state index is -0.125. The second-order valence-electron chi connectivity index (χ2n) is 5.20. The smallest absolute Gasteiger partial charge is 0.155 e. The van der Waals surface area contributed by atoms with Gasteiger partial charge in [-0.2, -0.15) is 0 Å². The average molecular weight is 539 g/mol. The molecule has 0 atom stereocenters. The zero-order valence-electron chi connectivity index (χ0n) is 14.8. The van der Waals surface area contributed by atoms with Gasteiger partial charge in [0.2, 0.25) is 0 Å². The van der Waals surface area contributed by atoms with Gasteiger partial charge in [0.25, 0.3) is 0 Å². The third-order valence-corrected chi connectivity index (χ3v) is 3.08. The molecule has 0 spiro atoms. The van der Waals surface area contributed by atoms with Gasteiger partial charge >= 0.3 is 0 Å². The van der Waals surface area contributed by atoms with Crippen LogP contribution in [0.5, 0.6) is 5.75 Å². The molecule has 2 aromatic rings. The summed E-state index contributed by atoms with van der Waals surface area (Å²) in [6.07, 6.45) is 2.79. The first-order valence-corrected chi connectivity index (χ1v) is 7.54. The minimum Gasteiger partial charge on any atom is -0.540 e. The number of ether oxygens (including phenoxy) is 1. The fourth-order valence-corrected chi connectivity index (χ4v) is 2.01. The summed E-state index contributed by atoms with van der Waals surface area (Å²) < 4.78 is 5.09. The molecule has 0 saturated heterocycles. The van der Waals surface area contributed by atoms with Crippen LogP contribution in [-0.4, -0.2) is 33.2 Å². The fraction of sp³-hybridized carbons (Fsp3) is 0.263. The maximum atomic E-state index is 10.0. The van der Waals surface area contributed by atoms with Crippen molar-refractivity contribution in [3.8, 4) is 17.0 Å². The van der Waals surface area contributed by atoms with Crippen LogP contribution in [0.25, 0.3) is 11.3 Å². The van der Waals surface area contributed by atoms with E-state index in [4.69, 9.17) is 14.9 Å². The van der Waals surface area contributed by atoms with E-state index in [0.717, 1.165) is 5.56 Å². The molecule has 0 aliphatic rings. The van der Waals surface area contributed by atoms with Gasteiger partial charge < -0.3 is 25.0 Å². The van der Waals surface area contributed by atoms with Gasteiger partial charge in [-0.3, -0.25) is 4.79 Å². The molecule has 7 heteroatoms. The Morgan fingerprint density at radius 3 is 2.42 bits per heavy atom. The van der Waals surface area contributed by atoms with E-state index in [-0.39, 0.29) is 45.8 Å². The van der Waals surface area contributed by atoms with Crippen LogP contribution in [0, 0.1) is 6.07 Å². The summed E-state index contributed by atoms with van der Waals surface area (Å²) in [5, 5.41) is 26.8. The maximum absolute atomic E-state index is 10.0. The van der Waals surface area contributed by atoms with Crippen molar-refractivity contribution >= 4 is 5.78 Å². The number of hydrogen-bond acceptors (Lipinski definition) is 6. The Bertz CT molecular complexity index is 742. The molecule has 1 aromatic heterocycles. The normalized spacial score (nSPS) is 10.3. The Morgan fingerprint density at radius 1 is 1.27 bits per heavy atom. The first kappa shape index (κ1) is 24.0. The molecule has 1 aromatic carbocycles. The van der Waals surface area contributed by atoms with Crippen molar-refractivity contribution in [3.05, 3.63) is 59.5 Å². The minimum absolute atomic E-state index is 0. The van der Waals surface area contributed by atoms with E-state index >= 15 is 0 Å². The Labute approximate surface area is 167 Å². The fourth-order valence-electron chi connectivity index (χ4n) is 2.01. The van der Waals surface area contributed by atoms with Crippen LogP contribution in [0.2, 0.25) is 0 Å². The van der Waals surface area contributed by atoms with Crippen LogP contribution >= 0.6 is 0 Å². The molecule has 2 rings (SSSR count). The molecular weight excluding hydrogens is 517 g/mol. The summed E-state index contributed by atoms with van der Waals surface area (Å²) in [5.41, 5.74) is 2.85. The van der Waals surface area contributed by atoms with Crippen molar-refractivity contribution < 1.29 is 45.9 Å². The zero-order valence-corrected chi connectivity index (χ0v) is 17.1. The van der Waals surface area contributed by atoms with E-state index in [1.165, 1.54) is 19.9 Å². The number of aliphatic hydroxyl groups is 3. The molecule has 1 heterocycles. The summed E-state index contributed by atoms with van der Waals surface area (Å²) in [5.74, 6) is 0.577. The van der Waals surface area contributed by atoms with Crippen LogP contribution in [0.15, 0.2) is 42.3 Å². The van der Waals surface area contributed by atoms with E-state index in [1.807, 2.05) is 0 Å². The molecule has 0 aliphatic heterocycles. The number of rotatable bonds is 5. The number of benzene rings is 1. The Kier molecular flexibility index (Phi) is 11.4. The van der Waals surface area contributed by atoms with E-state index < -0.39 is 0 Å². The number of carbonyl (C=O) groups is 1. The molecule has 26 heavy (non-hydrogen) atoms. The SMILES string of the molecule is CC(=O)/C=C(/C)O.COc1c[c-]c(-c2cc(CO)ccn2)c(CO)c1.[Pt]. The zero-order chi connectivity index (χ0) is 18.8. The van der Waals surface area contributed by atoms with Crippen molar-refractivity contribution in [1.82, 2.24) is 4.98 Å².